The normalized spacial score (nSPS) is 10.8. The minimum atomic E-state index is -1.11. The zero-order valence-electron chi connectivity index (χ0n) is 20.0. The molecule has 0 aliphatic rings. The fourth-order valence-electron chi connectivity index (χ4n) is 3.12. The molecule has 0 bridgehead atoms. The van der Waals surface area contributed by atoms with Gasteiger partial charge >= 0.3 is 5.97 Å². The van der Waals surface area contributed by atoms with Crippen LogP contribution in [0.3, 0.4) is 0 Å². The number of carboxylic acid groups (broad SMARTS) is 1. The van der Waals surface area contributed by atoms with Crippen molar-refractivity contribution in [3.8, 4) is 5.75 Å². The van der Waals surface area contributed by atoms with Gasteiger partial charge in [-0.2, -0.15) is 0 Å². The lowest BCUT2D eigenvalue weighted by atomic mass is 10.0. The Morgan fingerprint density at radius 1 is 0.788 bits per heavy atom. The summed E-state index contributed by atoms with van der Waals surface area (Å²) in [5.74, 6) is -0.635. The first kappa shape index (κ1) is 28.9. The fourth-order valence-corrected chi connectivity index (χ4v) is 3.12. The van der Waals surface area contributed by atoms with Crippen LogP contribution in [0.5, 0.6) is 5.75 Å². The van der Waals surface area contributed by atoms with E-state index in [9.17, 15) is 9.59 Å². The van der Waals surface area contributed by atoms with Gasteiger partial charge in [0.2, 0.25) is 5.91 Å². The zero-order valence-corrected chi connectivity index (χ0v) is 20.0. The lowest BCUT2D eigenvalue weighted by Gasteiger charge is -2.09. The third kappa shape index (κ3) is 18.0. The number of amides is 1. The summed E-state index contributed by atoms with van der Waals surface area (Å²) in [7, 11) is 0. The van der Waals surface area contributed by atoms with Crippen LogP contribution in [0.2, 0.25) is 0 Å². The molecule has 1 aromatic rings. The Morgan fingerprint density at radius 3 is 2.12 bits per heavy atom. The second-order valence-corrected chi connectivity index (χ2v) is 7.82. The van der Waals surface area contributed by atoms with E-state index in [4.69, 9.17) is 19.3 Å². The van der Waals surface area contributed by atoms with Gasteiger partial charge in [0.15, 0.2) is 0 Å². The quantitative estimate of drug-likeness (QED) is 0.251. The highest BCUT2D eigenvalue weighted by atomic mass is 16.5. The number of benzene rings is 1. The van der Waals surface area contributed by atoms with E-state index in [0.29, 0.717) is 39.6 Å². The maximum absolute atomic E-state index is 11.3. The van der Waals surface area contributed by atoms with E-state index in [-0.39, 0.29) is 12.5 Å². The fraction of sp³-hybridized carbons (Fsp3) is 0.680. The summed E-state index contributed by atoms with van der Waals surface area (Å²) in [5, 5.41) is 11.0. The number of unbranched alkanes of at least 4 members (excludes halogenated alkanes) is 6. The van der Waals surface area contributed by atoms with E-state index < -0.39 is 12.6 Å². The molecule has 0 saturated carbocycles. The highest BCUT2D eigenvalue weighted by molar-refractivity contribution is 5.77. The third-order valence-electron chi connectivity index (χ3n) is 4.89. The topological polar surface area (TPSA) is 103 Å². The molecule has 0 heterocycles. The lowest BCUT2D eigenvalue weighted by molar-refractivity contribution is -0.143. The van der Waals surface area contributed by atoms with Crippen LogP contribution in [0.1, 0.15) is 57.4 Å². The molecule has 0 atom stereocenters. The van der Waals surface area contributed by atoms with Crippen LogP contribution < -0.4 is 10.1 Å². The van der Waals surface area contributed by atoms with Gasteiger partial charge in [0.25, 0.3) is 0 Å². The van der Waals surface area contributed by atoms with Gasteiger partial charge in [-0.15, -0.1) is 0 Å². The average molecular weight is 468 g/mol. The molecule has 0 spiro atoms. The van der Waals surface area contributed by atoms with E-state index in [1.807, 2.05) is 12.1 Å². The average Bonchev–Trinajstić information content (AvgIpc) is 2.80. The number of ether oxygens (including phenoxy) is 4. The second kappa shape index (κ2) is 20.4. The van der Waals surface area contributed by atoms with Gasteiger partial charge in [-0.1, -0.05) is 57.6 Å². The van der Waals surface area contributed by atoms with Gasteiger partial charge in [0.1, 0.15) is 25.6 Å². The van der Waals surface area contributed by atoms with Crippen LogP contribution in [0, 0.1) is 0 Å². The number of carbonyl (C=O) groups excluding carboxylic acids is 1. The molecule has 1 aromatic carbocycles. The zero-order chi connectivity index (χ0) is 24.0. The molecule has 0 aliphatic heterocycles. The van der Waals surface area contributed by atoms with Crippen molar-refractivity contribution in [2.75, 3.05) is 52.8 Å². The van der Waals surface area contributed by atoms with Crippen LogP contribution >= 0.6 is 0 Å². The van der Waals surface area contributed by atoms with Gasteiger partial charge in [-0.25, -0.2) is 4.79 Å². The van der Waals surface area contributed by atoms with E-state index in [2.05, 4.69) is 29.1 Å². The summed E-state index contributed by atoms with van der Waals surface area (Å²) in [6, 6.07) is 8.30. The Morgan fingerprint density at radius 2 is 1.42 bits per heavy atom. The van der Waals surface area contributed by atoms with Gasteiger partial charge in [-0.3, -0.25) is 4.79 Å². The second-order valence-electron chi connectivity index (χ2n) is 7.82. The van der Waals surface area contributed by atoms with E-state index in [0.717, 1.165) is 12.2 Å². The lowest BCUT2D eigenvalue weighted by Crippen LogP contribution is -2.31. The number of hydrogen-bond acceptors (Lipinski definition) is 6. The SMILES string of the molecule is CCCCCCCCCc1ccc(OCCOCCOCCNC(=O)COCC(=O)O)cc1. The van der Waals surface area contributed by atoms with Crippen molar-refractivity contribution in [1.29, 1.82) is 0 Å². The summed E-state index contributed by atoms with van der Waals surface area (Å²) in [6.07, 6.45) is 10.4. The van der Waals surface area contributed by atoms with Crippen molar-refractivity contribution in [1.82, 2.24) is 5.32 Å². The maximum atomic E-state index is 11.3. The van der Waals surface area contributed by atoms with Gasteiger partial charge < -0.3 is 29.4 Å². The van der Waals surface area contributed by atoms with Crippen molar-refractivity contribution in [3.05, 3.63) is 29.8 Å². The first-order valence-electron chi connectivity index (χ1n) is 12.0. The highest BCUT2D eigenvalue weighted by Gasteiger charge is 2.03. The number of aryl methyl sites for hydroxylation is 1. The Kier molecular flexibility index (Phi) is 17.9. The monoisotopic (exact) mass is 467 g/mol. The summed E-state index contributed by atoms with van der Waals surface area (Å²) >= 11 is 0. The van der Waals surface area contributed by atoms with Crippen molar-refractivity contribution in [2.45, 2.75) is 58.3 Å². The standard InChI is InChI=1S/C25H41NO7/c1-2-3-4-5-6-7-8-9-22-10-12-23(13-11-22)33-19-18-31-17-16-30-15-14-26-24(27)20-32-21-25(28)29/h10-13H,2-9,14-21H2,1H3,(H,26,27)(H,28,29). The molecule has 0 radical (unpaired) electrons. The largest absolute Gasteiger partial charge is 0.491 e. The van der Waals surface area contributed by atoms with Gasteiger partial charge in [-0.05, 0) is 30.5 Å². The molecule has 1 amide bonds. The van der Waals surface area contributed by atoms with E-state index in [1.165, 1.54) is 50.5 Å². The third-order valence-corrected chi connectivity index (χ3v) is 4.89. The molecule has 0 unspecified atom stereocenters. The molecule has 0 aromatic heterocycles. The highest BCUT2D eigenvalue weighted by Crippen LogP contribution is 2.15. The Bertz CT molecular complexity index is 622. The van der Waals surface area contributed by atoms with Crippen molar-refractivity contribution in [2.24, 2.45) is 0 Å². The first-order valence-corrected chi connectivity index (χ1v) is 12.0. The molecule has 188 valence electrons. The molecule has 0 fully saturated rings. The number of carbonyl (C=O) groups is 2. The van der Waals surface area contributed by atoms with E-state index >= 15 is 0 Å². The minimum Gasteiger partial charge on any atom is -0.491 e. The Hall–Kier alpha value is -2.16. The van der Waals surface area contributed by atoms with Crippen LogP contribution in [0.4, 0.5) is 0 Å². The van der Waals surface area contributed by atoms with Crippen molar-refractivity contribution < 1.29 is 33.6 Å². The maximum Gasteiger partial charge on any atom is 0.329 e. The molecule has 0 saturated heterocycles. The molecule has 2 N–H and O–H groups in total. The Balaban J connectivity index is 1.91. The van der Waals surface area contributed by atoms with Crippen molar-refractivity contribution >= 4 is 11.9 Å². The number of rotatable bonds is 22. The Labute approximate surface area is 197 Å². The van der Waals surface area contributed by atoms with Crippen LogP contribution in [0.15, 0.2) is 24.3 Å². The molecular formula is C25H41NO7. The van der Waals surface area contributed by atoms with E-state index in [1.54, 1.807) is 0 Å². The van der Waals surface area contributed by atoms with Crippen LogP contribution in [-0.2, 0) is 30.2 Å². The predicted octanol–water partition coefficient (Wildman–Crippen LogP) is 3.61. The summed E-state index contributed by atoms with van der Waals surface area (Å²) in [4.78, 5) is 21.6. The molecule has 8 heteroatoms. The van der Waals surface area contributed by atoms with Gasteiger partial charge in [0, 0.05) is 6.54 Å². The van der Waals surface area contributed by atoms with Gasteiger partial charge in [0.05, 0.1) is 26.4 Å². The summed E-state index contributed by atoms with van der Waals surface area (Å²) in [5.41, 5.74) is 1.35. The predicted molar refractivity (Wildman–Crippen MR) is 127 cm³/mol. The number of nitrogens with one attached hydrogen (secondary N) is 1. The summed E-state index contributed by atoms with van der Waals surface area (Å²) < 4.78 is 21.2. The first-order chi connectivity index (χ1) is 16.1. The smallest absolute Gasteiger partial charge is 0.329 e. The number of hydrogen-bond donors (Lipinski definition) is 2. The number of aliphatic carboxylic acids is 1. The molecule has 1 rings (SSSR count). The summed E-state index contributed by atoms with van der Waals surface area (Å²) in [6.45, 7) is 3.95. The minimum absolute atomic E-state index is 0.280. The molecule has 0 aliphatic carbocycles. The molecule has 8 nitrogen and oxygen atoms in total. The van der Waals surface area contributed by atoms with Crippen LogP contribution in [0.25, 0.3) is 0 Å². The van der Waals surface area contributed by atoms with Crippen LogP contribution in [-0.4, -0.2) is 69.8 Å². The number of carboxylic acids is 1. The molecule has 33 heavy (non-hydrogen) atoms. The van der Waals surface area contributed by atoms with Crippen molar-refractivity contribution in [3.63, 3.8) is 0 Å². The molecular weight excluding hydrogens is 426 g/mol.